The molecule has 0 spiro atoms. The van der Waals surface area contributed by atoms with Gasteiger partial charge in [-0.1, -0.05) is 0 Å². The van der Waals surface area contributed by atoms with E-state index in [4.69, 9.17) is 10.8 Å². The molecule has 0 saturated heterocycles. The summed E-state index contributed by atoms with van der Waals surface area (Å²) in [7, 11) is 0. The molecule has 0 saturated carbocycles. The van der Waals surface area contributed by atoms with Gasteiger partial charge in [0.25, 0.3) is 5.91 Å². The molecule has 1 amide bonds. The molecule has 2 aromatic rings. The lowest BCUT2D eigenvalue weighted by Gasteiger charge is -2.09. The van der Waals surface area contributed by atoms with Gasteiger partial charge >= 0.3 is 0 Å². The van der Waals surface area contributed by atoms with Gasteiger partial charge in [0.1, 0.15) is 0 Å². The van der Waals surface area contributed by atoms with Crippen LogP contribution in [0.5, 0.6) is 0 Å². The number of primary amides is 1. The Labute approximate surface area is 115 Å². The predicted molar refractivity (Wildman–Crippen MR) is 75.2 cm³/mol. The average molecular weight is 279 g/mol. The number of hydrogen-bond donors (Lipinski definition) is 2. The van der Waals surface area contributed by atoms with Gasteiger partial charge in [0, 0.05) is 24.2 Å². The van der Waals surface area contributed by atoms with Gasteiger partial charge in [0.05, 0.1) is 22.0 Å². The third-order valence-electron chi connectivity index (χ3n) is 3.05. The zero-order chi connectivity index (χ0) is 14.0. The molecule has 2 aromatic heterocycles. The van der Waals surface area contributed by atoms with Crippen LogP contribution in [0, 0.1) is 13.8 Å². The van der Waals surface area contributed by atoms with Crippen LogP contribution in [0.3, 0.4) is 0 Å². The summed E-state index contributed by atoms with van der Waals surface area (Å²) in [6, 6.07) is 1.78. The second-order valence-electron chi connectivity index (χ2n) is 4.37. The van der Waals surface area contributed by atoms with Crippen molar-refractivity contribution in [3.05, 3.63) is 27.7 Å². The first-order valence-corrected chi connectivity index (χ1v) is 6.96. The highest BCUT2D eigenvalue weighted by molar-refractivity contribution is 7.09. The zero-order valence-electron chi connectivity index (χ0n) is 11.0. The maximum Gasteiger partial charge on any atom is 0.250 e. The van der Waals surface area contributed by atoms with Gasteiger partial charge in [-0.3, -0.25) is 4.79 Å². The summed E-state index contributed by atoms with van der Waals surface area (Å²) in [6.07, 6.45) is 0.629. The quantitative estimate of drug-likeness (QED) is 0.874. The number of aromatic nitrogens is 2. The number of nitrogens with zero attached hydrogens (tertiary/aromatic N) is 2. The fourth-order valence-electron chi connectivity index (χ4n) is 2.10. The molecule has 0 aliphatic heterocycles. The van der Waals surface area contributed by atoms with E-state index in [1.165, 1.54) is 0 Å². The monoisotopic (exact) mass is 279 g/mol. The number of aryl methyl sites for hydroxylation is 1. The minimum absolute atomic E-state index is 0.110. The highest BCUT2D eigenvalue weighted by atomic mass is 32.1. The minimum atomic E-state index is -0.437. The van der Waals surface area contributed by atoms with Crippen LogP contribution in [-0.2, 0) is 6.54 Å². The van der Waals surface area contributed by atoms with E-state index in [0.29, 0.717) is 18.5 Å². The van der Waals surface area contributed by atoms with Crippen molar-refractivity contribution in [2.45, 2.75) is 26.8 Å². The lowest BCUT2D eigenvalue weighted by atomic mass is 10.2. The third kappa shape index (κ3) is 2.69. The van der Waals surface area contributed by atoms with Gasteiger partial charge in [-0.15, -0.1) is 11.3 Å². The first kappa shape index (κ1) is 13.8. The van der Waals surface area contributed by atoms with Crippen molar-refractivity contribution < 1.29 is 9.90 Å². The molecule has 0 aromatic carbocycles. The number of aliphatic hydroxyl groups is 1. The highest BCUT2D eigenvalue weighted by Gasteiger charge is 2.17. The molecule has 0 atom stereocenters. The zero-order valence-corrected chi connectivity index (χ0v) is 11.8. The topological polar surface area (TPSA) is 81.1 Å². The van der Waals surface area contributed by atoms with Crippen LogP contribution in [0.1, 0.15) is 27.5 Å². The molecule has 2 rings (SSSR count). The Hall–Kier alpha value is -1.66. The Morgan fingerprint density at radius 2 is 2.26 bits per heavy atom. The fourth-order valence-corrected chi connectivity index (χ4v) is 2.71. The summed E-state index contributed by atoms with van der Waals surface area (Å²) in [4.78, 5) is 15.9. The van der Waals surface area contributed by atoms with E-state index in [0.717, 1.165) is 22.1 Å². The summed E-state index contributed by atoms with van der Waals surface area (Å²) in [5.74, 6) is -0.437. The minimum Gasteiger partial charge on any atom is -0.396 e. The lowest BCUT2D eigenvalue weighted by molar-refractivity contribution is 0.0999. The van der Waals surface area contributed by atoms with E-state index < -0.39 is 5.91 Å². The van der Waals surface area contributed by atoms with Crippen LogP contribution in [0.25, 0.3) is 11.4 Å². The molecule has 102 valence electrons. The second-order valence-corrected chi connectivity index (χ2v) is 5.44. The molecule has 0 fully saturated rings. The molecule has 0 radical (unpaired) electrons. The number of carbonyl (C=O) groups excluding carboxylic acids is 1. The summed E-state index contributed by atoms with van der Waals surface area (Å²) < 4.78 is 1.99. The largest absolute Gasteiger partial charge is 0.396 e. The predicted octanol–water partition coefficient (Wildman–Crippen LogP) is 1.71. The Morgan fingerprint density at radius 3 is 2.79 bits per heavy atom. The van der Waals surface area contributed by atoms with Gasteiger partial charge in [-0.2, -0.15) is 0 Å². The first-order valence-electron chi connectivity index (χ1n) is 6.08. The van der Waals surface area contributed by atoms with Crippen LogP contribution in [0.15, 0.2) is 11.4 Å². The van der Waals surface area contributed by atoms with Crippen molar-refractivity contribution >= 4 is 17.2 Å². The van der Waals surface area contributed by atoms with Gasteiger partial charge in [-0.25, -0.2) is 4.98 Å². The average Bonchev–Trinajstić information content (AvgIpc) is 2.91. The number of rotatable bonds is 5. The maximum atomic E-state index is 11.4. The van der Waals surface area contributed by atoms with Crippen molar-refractivity contribution in [1.29, 1.82) is 0 Å². The molecule has 2 heterocycles. The molecule has 0 unspecified atom stereocenters. The number of aliphatic hydroxyl groups excluding tert-OH is 1. The smallest absolute Gasteiger partial charge is 0.250 e. The molecule has 19 heavy (non-hydrogen) atoms. The molecule has 0 bridgehead atoms. The standard InChI is InChI=1S/C13H17N3O2S/c1-8-10(13(14)18)6-12(16(8)4-3-5-17)11-7-19-9(2)15-11/h6-7,17H,3-5H2,1-2H3,(H2,14,18). The van der Waals surface area contributed by atoms with E-state index >= 15 is 0 Å². The molecule has 0 aliphatic carbocycles. The van der Waals surface area contributed by atoms with Crippen molar-refractivity contribution in [2.24, 2.45) is 5.73 Å². The van der Waals surface area contributed by atoms with Gasteiger partial charge in [0.15, 0.2) is 0 Å². The summed E-state index contributed by atoms with van der Waals surface area (Å²) >= 11 is 1.57. The number of hydrogen-bond acceptors (Lipinski definition) is 4. The Bertz CT molecular complexity index is 601. The Morgan fingerprint density at radius 1 is 1.53 bits per heavy atom. The van der Waals surface area contributed by atoms with Gasteiger partial charge in [0.2, 0.25) is 0 Å². The van der Waals surface area contributed by atoms with Crippen molar-refractivity contribution in [1.82, 2.24) is 9.55 Å². The third-order valence-corrected chi connectivity index (χ3v) is 3.83. The number of nitrogens with two attached hydrogens (primary N) is 1. The fraction of sp³-hybridized carbons (Fsp3) is 0.385. The molecule has 5 nitrogen and oxygen atoms in total. The molecule has 0 aliphatic rings. The SMILES string of the molecule is Cc1nc(-c2cc(C(N)=O)c(C)n2CCCO)cs1. The van der Waals surface area contributed by atoms with Crippen LogP contribution in [0.2, 0.25) is 0 Å². The number of amides is 1. The van der Waals surface area contributed by atoms with Crippen molar-refractivity contribution in [3.8, 4) is 11.4 Å². The van der Waals surface area contributed by atoms with E-state index in [1.807, 2.05) is 23.8 Å². The summed E-state index contributed by atoms with van der Waals surface area (Å²) in [5.41, 5.74) is 8.45. The van der Waals surface area contributed by atoms with Crippen molar-refractivity contribution in [3.63, 3.8) is 0 Å². The lowest BCUT2D eigenvalue weighted by Crippen LogP contribution is -2.12. The second kappa shape index (κ2) is 5.54. The summed E-state index contributed by atoms with van der Waals surface area (Å²) in [6.45, 7) is 4.55. The highest BCUT2D eigenvalue weighted by Crippen LogP contribution is 2.27. The van der Waals surface area contributed by atoms with E-state index in [2.05, 4.69) is 4.98 Å². The molecule has 3 N–H and O–H groups in total. The van der Waals surface area contributed by atoms with E-state index in [-0.39, 0.29) is 6.61 Å². The van der Waals surface area contributed by atoms with Crippen LogP contribution < -0.4 is 5.73 Å². The van der Waals surface area contributed by atoms with E-state index in [9.17, 15) is 4.79 Å². The van der Waals surface area contributed by atoms with E-state index in [1.54, 1.807) is 17.4 Å². The Balaban J connectivity index is 2.51. The normalized spacial score (nSPS) is 10.9. The van der Waals surface area contributed by atoms with Crippen molar-refractivity contribution in [2.75, 3.05) is 6.61 Å². The number of thiazole rings is 1. The molecular formula is C13H17N3O2S. The first-order chi connectivity index (χ1) is 9.04. The summed E-state index contributed by atoms with van der Waals surface area (Å²) in [5, 5.41) is 11.9. The van der Waals surface area contributed by atoms with Gasteiger partial charge < -0.3 is 15.4 Å². The number of carbonyl (C=O) groups is 1. The van der Waals surface area contributed by atoms with Crippen LogP contribution >= 0.6 is 11.3 Å². The maximum absolute atomic E-state index is 11.4. The molecule has 6 heteroatoms. The van der Waals surface area contributed by atoms with Crippen LogP contribution in [-0.4, -0.2) is 27.2 Å². The Kier molecular flexibility index (Phi) is 4.01. The van der Waals surface area contributed by atoms with Crippen LogP contribution in [0.4, 0.5) is 0 Å². The molecular weight excluding hydrogens is 262 g/mol. The van der Waals surface area contributed by atoms with Gasteiger partial charge in [-0.05, 0) is 26.3 Å².